The van der Waals surface area contributed by atoms with Gasteiger partial charge >= 0.3 is 0 Å². The van der Waals surface area contributed by atoms with Crippen LogP contribution in [0.4, 0.5) is 0 Å². The summed E-state index contributed by atoms with van der Waals surface area (Å²) < 4.78 is 8.87. The number of benzene rings is 4. The first-order chi connectivity index (χ1) is 41.3. The van der Waals surface area contributed by atoms with Crippen LogP contribution in [0.3, 0.4) is 0 Å². The van der Waals surface area contributed by atoms with Crippen molar-refractivity contribution < 1.29 is 18.3 Å². The van der Waals surface area contributed by atoms with Gasteiger partial charge in [-0.25, -0.2) is 18.3 Å². The topological polar surface area (TPSA) is 67.1 Å². The predicted molar refractivity (Wildman–Crippen MR) is 358 cm³/mol. The Morgan fingerprint density at radius 1 is 0.349 bits per heavy atom. The quantitative estimate of drug-likeness (QED) is 0.128. The van der Waals surface area contributed by atoms with Crippen LogP contribution in [0.1, 0.15) is 112 Å². The molecular formula is C78H88N8+4. The molecule has 0 radical (unpaired) electrons. The number of aromatic nitrogens is 8. The van der Waals surface area contributed by atoms with Gasteiger partial charge in [0.15, 0.2) is 24.8 Å². The second-order valence-electron chi connectivity index (χ2n) is 24.8. The fourth-order valence-electron chi connectivity index (χ4n) is 11.8. The third-order valence-electron chi connectivity index (χ3n) is 16.4. The van der Waals surface area contributed by atoms with Crippen LogP contribution in [-0.4, -0.2) is 19.9 Å². The lowest BCUT2D eigenvalue weighted by Gasteiger charge is -2.10. The lowest BCUT2D eigenvalue weighted by Crippen LogP contribution is -2.31. The van der Waals surface area contributed by atoms with Crippen LogP contribution in [0.15, 0.2) is 195 Å². The number of aryl methyl sites for hydroxylation is 8. The van der Waals surface area contributed by atoms with Gasteiger partial charge in [-0.1, -0.05) is 128 Å². The highest BCUT2D eigenvalue weighted by Gasteiger charge is 2.21. The summed E-state index contributed by atoms with van der Waals surface area (Å²) in [5.41, 5.74) is 22.6. The molecule has 86 heavy (non-hydrogen) atoms. The highest BCUT2D eigenvalue weighted by atomic mass is 14.9. The first kappa shape index (κ1) is 61.7. The molecule has 0 bridgehead atoms. The summed E-state index contributed by atoms with van der Waals surface area (Å²) >= 11 is 0. The number of hydrogen-bond acceptors (Lipinski definition) is 4. The fourth-order valence-corrected chi connectivity index (χ4v) is 11.8. The van der Waals surface area contributed by atoms with E-state index >= 15 is 0 Å². The number of fused-ring (bicyclic) bond motifs is 4. The van der Waals surface area contributed by atoms with Crippen molar-refractivity contribution in [1.29, 1.82) is 0 Å². The molecule has 0 aliphatic heterocycles. The van der Waals surface area contributed by atoms with Crippen LogP contribution >= 0.6 is 0 Å². The van der Waals surface area contributed by atoms with Gasteiger partial charge in [-0.2, -0.15) is 0 Å². The second kappa shape index (κ2) is 27.4. The summed E-state index contributed by atoms with van der Waals surface area (Å²) in [6, 6.07) is 47.2. The molecule has 0 amide bonds. The Labute approximate surface area is 511 Å². The standard InChI is InChI=1S/2C20H23N2.2C19H21N2/c1-14(2)9-16-11-21-12-17-10-20(22(4)13-19(16)17)18-8-6-5-7-15(18)3;1-14(2)11-16-9-10-21-19-12-20(22(4)13-18(16)19)17-8-6-5-7-15(17)3;1-13(2)17-11-20-10-15-9-19(21(4)12-18(15)17)16-8-6-5-7-14(16)3;1-13(2)15-9-10-20-18-11-19(21(4)12-17(15)18)16-8-6-5-7-14(16)3/h5-8,10-14H,9H2,1-4H3;5-10,12-14H,11H2,1-4H3;2*5-13H,1-4H3/q4*+1. The first-order valence-electron chi connectivity index (χ1n) is 30.6. The van der Waals surface area contributed by atoms with Gasteiger partial charge in [0.05, 0.1) is 32.6 Å². The van der Waals surface area contributed by atoms with Crippen LogP contribution in [0.2, 0.25) is 0 Å². The SMILES string of the molecule is Cc1ccccc1-c1cc2cncc(C(C)C)c2c[n+]1C.Cc1ccccc1-c1cc2cncc(CC(C)C)c2c[n+]1C.Cc1ccccc1-c1cc2nccc(C(C)C)c2c[n+]1C.Cc1ccccc1-c1cc2nccc(CC(C)C)c2c[n+]1C. The molecule has 0 saturated heterocycles. The monoisotopic (exact) mass is 1140 g/mol. The summed E-state index contributed by atoms with van der Waals surface area (Å²) in [5.74, 6) is 2.26. The minimum atomic E-state index is 0.477. The van der Waals surface area contributed by atoms with E-state index in [-0.39, 0.29) is 0 Å². The zero-order valence-electron chi connectivity index (χ0n) is 53.8. The van der Waals surface area contributed by atoms with Crippen LogP contribution in [-0.2, 0) is 41.0 Å². The molecule has 12 aromatic rings. The first-order valence-corrected chi connectivity index (χ1v) is 30.6. The Kier molecular flexibility index (Phi) is 19.7. The molecule has 0 saturated carbocycles. The molecule has 0 fully saturated rings. The maximum absolute atomic E-state index is 4.59. The van der Waals surface area contributed by atoms with E-state index in [0.717, 1.165) is 23.9 Å². The maximum Gasteiger partial charge on any atom is 0.214 e. The highest BCUT2D eigenvalue weighted by Crippen LogP contribution is 2.31. The lowest BCUT2D eigenvalue weighted by atomic mass is 9.98. The summed E-state index contributed by atoms with van der Waals surface area (Å²) in [7, 11) is 8.47. The predicted octanol–water partition coefficient (Wildman–Crippen LogP) is 16.8. The molecule has 0 spiro atoms. The van der Waals surface area contributed by atoms with Crippen molar-refractivity contribution in [2.75, 3.05) is 0 Å². The molecule has 4 aromatic carbocycles. The molecule has 0 aliphatic carbocycles. The summed E-state index contributed by atoms with van der Waals surface area (Å²) in [4.78, 5) is 18.0. The fraction of sp³-hybridized carbons (Fsp3) is 0.282. The second-order valence-corrected chi connectivity index (χ2v) is 24.8. The van der Waals surface area contributed by atoms with E-state index in [4.69, 9.17) is 0 Å². The Bertz CT molecular complexity index is 4080. The molecule has 8 heteroatoms. The third-order valence-corrected chi connectivity index (χ3v) is 16.4. The molecule has 8 heterocycles. The molecule has 0 atom stereocenters. The maximum atomic E-state index is 4.59. The smallest absolute Gasteiger partial charge is 0.214 e. The van der Waals surface area contributed by atoms with E-state index in [1.54, 1.807) is 0 Å². The normalized spacial score (nSPS) is 11.3. The van der Waals surface area contributed by atoms with E-state index in [9.17, 15) is 0 Å². The van der Waals surface area contributed by atoms with Crippen molar-refractivity contribution in [2.24, 2.45) is 40.0 Å². The van der Waals surface area contributed by atoms with E-state index < -0.39 is 0 Å². The average Bonchev–Trinajstić information content (AvgIpc) is 2.17. The van der Waals surface area contributed by atoms with Gasteiger partial charge in [0, 0.05) is 94.5 Å². The van der Waals surface area contributed by atoms with Gasteiger partial charge in [-0.15, -0.1) is 0 Å². The van der Waals surface area contributed by atoms with E-state index in [0.29, 0.717) is 23.7 Å². The van der Waals surface area contributed by atoms with Crippen molar-refractivity contribution in [2.45, 2.75) is 108 Å². The largest absolute Gasteiger partial charge is 0.264 e. The Balaban J connectivity index is 0.000000137. The summed E-state index contributed by atoms with van der Waals surface area (Å²) in [6.07, 6.45) is 22.8. The summed E-state index contributed by atoms with van der Waals surface area (Å²) in [6.45, 7) is 26.5. The van der Waals surface area contributed by atoms with Gasteiger partial charge in [0.2, 0.25) is 22.8 Å². The number of pyridine rings is 8. The molecule has 8 aromatic heterocycles. The van der Waals surface area contributed by atoms with Gasteiger partial charge < -0.3 is 0 Å². The molecule has 0 unspecified atom stereocenters. The molecule has 8 nitrogen and oxygen atoms in total. The lowest BCUT2D eigenvalue weighted by molar-refractivity contribution is -0.659. The van der Waals surface area contributed by atoms with Crippen LogP contribution in [0, 0.1) is 39.5 Å². The number of rotatable bonds is 10. The molecular weight excluding hydrogens is 1050 g/mol. The Hall–Kier alpha value is -8.88. The van der Waals surface area contributed by atoms with Gasteiger partial charge in [0.1, 0.15) is 28.2 Å². The average molecular weight is 1140 g/mol. The Morgan fingerprint density at radius 3 is 1.15 bits per heavy atom. The zero-order valence-corrected chi connectivity index (χ0v) is 53.8. The van der Waals surface area contributed by atoms with E-state index in [2.05, 4.69) is 308 Å². The molecule has 436 valence electrons. The van der Waals surface area contributed by atoms with Crippen LogP contribution < -0.4 is 18.3 Å². The Morgan fingerprint density at radius 2 is 0.709 bits per heavy atom. The summed E-state index contributed by atoms with van der Waals surface area (Å²) in [5, 5.41) is 7.53. The van der Waals surface area contributed by atoms with Gasteiger partial charge in [0.25, 0.3) is 0 Å². The third kappa shape index (κ3) is 14.1. The van der Waals surface area contributed by atoms with Crippen molar-refractivity contribution in [3.63, 3.8) is 0 Å². The van der Waals surface area contributed by atoms with Crippen molar-refractivity contribution in [1.82, 2.24) is 19.9 Å². The van der Waals surface area contributed by atoms with E-state index in [1.807, 2.05) is 37.2 Å². The van der Waals surface area contributed by atoms with Crippen molar-refractivity contribution >= 4 is 43.4 Å². The van der Waals surface area contributed by atoms with Crippen molar-refractivity contribution in [3.8, 4) is 45.0 Å². The van der Waals surface area contributed by atoms with Crippen LogP contribution in [0.25, 0.3) is 88.4 Å². The van der Waals surface area contributed by atoms with E-state index in [1.165, 1.54) is 122 Å². The minimum Gasteiger partial charge on any atom is -0.264 e. The minimum absolute atomic E-state index is 0.477. The highest BCUT2D eigenvalue weighted by molar-refractivity contribution is 5.88. The molecule has 0 aliphatic rings. The molecule has 0 N–H and O–H groups in total. The zero-order chi connectivity index (χ0) is 61.3. The van der Waals surface area contributed by atoms with Crippen molar-refractivity contribution in [3.05, 3.63) is 240 Å². The van der Waals surface area contributed by atoms with Crippen LogP contribution in [0.5, 0.6) is 0 Å². The number of hydrogen-bond donors (Lipinski definition) is 0. The van der Waals surface area contributed by atoms with Gasteiger partial charge in [-0.3, -0.25) is 19.9 Å². The van der Waals surface area contributed by atoms with Gasteiger partial charge in [-0.05, 0) is 145 Å². The number of nitrogens with zero attached hydrogens (tertiary/aromatic N) is 8. The molecule has 12 rings (SSSR count).